The van der Waals surface area contributed by atoms with Crippen molar-refractivity contribution < 1.29 is 9.53 Å². The van der Waals surface area contributed by atoms with Gasteiger partial charge in [0, 0.05) is 23.7 Å². The number of benzene rings is 2. The van der Waals surface area contributed by atoms with E-state index >= 15 is 0 Å². The lowest BCUT2D eigenvalue weighted by molar-refractivity contribution is 0.101. The highest BCUT2D eigenvalue weighted by Crippen LogP contribution is 2.31. The SMILES string of the molecule is COc1cccc2c(C(C)=O)cn(Cc3ccccc3C)c12. The minimum Gasteiger partial charge on any atom is -0.495 e. The van der Waals surface area contributed by atoms with Crippen molar-refractivity contribution in [3.8, 4) is 5.75 Å². The maximum atomic E-state index is 11.9. The molecular weight excluding hydrogens is 274 g/mol. The number of fused-ring (bicyclic) bond motifs is 1. The molecule has 0 saturated carbocycles. The number of para-hydroxylation sites is 1. The predicted molar refractivity (Wildman–Crippen MR) is 88.8 cm³/mol. The van der Waals surface area contributed by atoms with Crippen molar-refractivity contribution >= 4 is 16.7 Å². The molecular formula is C19H19NO2. The number of rotatable bonds is 4. The van der Waals surface area contributed by atoms with Crippen molar-refractivity contribution in [1.82, 2.24) is 4.57 Å². The van der Waals surface area contributed by atoms with E-state index in [1.54, 1.807) is 14.0 Å². The number of methoxy groups -OCH3 is 1. The fourth-order valence-electron chi connectivity index (χ4n) is 2.87. The molecule has 0 saturated heterocycles. The van der Waals surface area contributed by atoms with E-state index in [9.17, 15) is 4.79 Å². The maximum Gasteiger partial charge on any atom is 0.161 e. The molecule has 0 N–H and O–H groups in total. The van der Waals surface area contributed by atoms with E-state index in [2.05, 4.69) is 23.6 Å². The van der Waals surface area contributed by atoms with Crippen LogP contribution in [0.25, 0.3) is 10.9 Å². The molecule has 0 unspecified atom stereocenters. The Bertz CT molecular complexity index is 846. The molecule has 0 amide bonds. The molecule has 0 aliphatic carbocycles. The van der Waals surface area contributed by atoms with Gasteiger partial charge in [-0.15, -0.1) is 0 Å². The average Bonchev–Trinajstić information content (AvgIpc) is 2.89. The van der Waals surface area contributed by atoms with Crippen molar-refractivity contribution in [2.45, 2.75) is 20.4 Å². The van der Waals surface area contributed by atoms with E-state index in [-0.39, 0.29) is 5.78 Å². The molecule has 112 valence electrons. The Morgan fingerprint density at radius 2 is 1.91 bits per heavy atom. The zero-order valence-electron chi connectivity index (χ0n) is 13.1. The molecule has 3 rings (SSSR count). The number of aryl methyl sites for hydroxylation is 1. The van der Waals surface area contributed by atoms with Crippen LogP contribution in [0, 0.1) is 6.92 Å². The van der Waals surface area contributed by atoms with E-state index in [0.29, 0.717) is 0 Å². The smallest absolute Gasteiger partial charge is 0.161 e. The highest BCUT2D eigenvalue weighted by molar-refractivity contribution is 6.08. The fraction of sp³-hybridized carbons (Fsp3) is 0.211. The first-order valence-electron chi connectivity index (χ1n) is 7.33. The number of aromatic nitrogens is 1. The second-order valence-electron chi connectivity index (χ2n) is 5.51. The highest BCUT2D eigenvalue weighted by atomic mass is 16.5. The van der Waals surface area contributed by atoms with Crippen molar-refractivity contribution in [1.29, 1.82) is 0 Å². The van der Waals surface area contributed by atoms with Gasteiger partial charge in [-0.1, -0.05) is 36.4 Å². The van der Waals surface area contributed by atoms with E-state index in [1.165, 1.54) is 11.1 Å². The Labute approximate surface area is 130 Å². The molecule has 0 aliphatic heterocycles. The van der Waals surface area contributed by atoms with Gasteiger partial charge < -0.3 is 9.30 Å². The molecule has 0 radical (unpaired) electrons. The molecule has 1 aromatic heterocycles. The summed E-state index contributed by atoms with van der Waals surface area (Å²) in [6.45, 7) is 4.42. The molecule has 0 bridgehead atoms. The molecule has 3 heteroatoms. The Kier molecular flexibility index (Phi) is 3.72. The first-order valence-corrected chi connectivity index (χ1v) is 7.33. The van der Waals surface area contributed by atoms with E-state index in [0.717, 1.165) is 28.8 Å². The summed E-state index contributed by atoms with van der Waals surface area (Å²) in [6, 6.07) is 14.1. The van der Waals surface area contributed by atoms with Crippen molar-refractivity contribution in [3.63, 3.8) is 0 Å². The Morgan fingerprint density at radius 1 is 1.14 bits per heavy atom. The summed E-state index contributed by atoms with van der Waals surface area (Å²) in [4.78, 5) is 11.9. The number of Topliss-reactive ketones (excluding diaryl/α,β-unsaturated/α-hetero) is 1. The number of hydrogen-bond acceptors (Lipinski definition) is 2. The second kappa shape index (κ2) is 5.68. The quantitative estimate of drug-likeness (QED) is 0.675. The number of hydrogen-bond donors (Lipinski definition) is 0. The van der Waals surface area contributed by atoms with Crippen LogP contribution in [-0.4, -0.2) is 17.5 Å². The largest absolute Gasteiger partial charge is 0.495 e. The first-order chi connectivity index (χ1) is 10.6. The van der Waals surface area contributed by atoms with Crippen molar-refractivity contribution in [3.05, 3.63) is 65.4 Å². The van der Waals surface area contributed by atoms with Crippen LogP contribution in [0.5, 0.6) is 5.75 Å². The maximum absolute atomic E-state index is 11.9. The lowest BCUT2D eigenvalue weighted by atomic mass is 10.1. The average molecular weight is 293 g/mol. The lowest BCUT2D eigenvalue weighted by Gasteiger charge is -2.10. The normalized spacial score (nSPS) is 10.9. The monoisotopic (exact) mass is 293 g/mol. The predicted octanol–water partition coefficient (Wildman–Crippen LogP) is 4.21. The number of nitrogens with zero attached hydrogens (tertiary/aromatic N) is 1. The summed E-state index contributed by atoms with van der Waals surface area (Å²) in [7, 11) is 1.66. The molecule has 3 aromatic rings. The lowest BCUT2D eigenvalue weighted by Crippen LogP contribution is -2.01. The minimum atomic E-state index is 0.0711. The highest BCUT2D eigenvalue weighted by Gasteiger charge is 2.15. The van der Waals surface area contributed by atoms with Gasteiger partial charge in [-0.25, -0.2) is 0 Å². The topological polar surface area (TPSA) is 31.2 Å². The molecule has 3 nitrogen and oxygen atoms in total. The standard InChI is InChI=1S/C19H19NO2/c1-13-7-4-5-8-15(13)11-20-12-17(14(2)21)16-9-6-10-18(22-3)19(16)20/h4-10,12H,11H2,1-3H3. The zero-order chi connectivity index (χ0) is 15.7. The van der Waals surface area contributed by atoms with Crippen LogP contribution in [0.2, 0.25) is 0 Å². The fourth-order valence-corrected chi connectivity index (χ4v) is 2.87. The van der Waals surface area contributed by atoms with E-state index in [1.807, 2.05) is 36.5 Å². The molecule has 1 heterocycles. The molecule has 2 aromatic carbocycles. The number of ketones is 1. The Balaban J connectivity index is 2.21. The van der Waals surface area contributed by atoms with Crippen molar-refractivity contribution in [2.24, 2.45) is 0 Å². The van der Waals surface area contributed by atoms with Gasteiger partial charge in [0.25, 0.3) is 0 Å². The first kappa shape index (κ1) is 14.4. The second-order valence-corrected chi connectivity index (χ2v) is 5.51. The zero-order valence-corrected chi connectivity index (χ0v) is 13.1. The summed E-state index contributed by atoms with van der Waals surface area (Å²) in [5, 5.41) is 0.945. The van der Waals surface area contributed by atoms with Gasteiger partial charge in [0.05, 0.1) is 12.6 Å². The van der Waals surface area contributed by atoms with E-state index in [4.69, 9.17) is 4.74 Å². The molecule has 0 aliphatic rings. The van der Waals surface area contributed by atoms with E-state index < -0.39 is 0 Å². The van der Waals surface area contributed by atoms with Crippen LogP contribution in [0.15, 0.2) is 48.7 Å². The summed E-state index contributed by atoms with van der Waals surface area (Å²) >= 11 is 0. The molecule has 0 atom stereocenters. The van der Waals surface area contributed by atoms with Crippen LogP contribution in [0.4, 0.5) is 0 Å². The van der Waals surface area contributed by atoms with Crippen molar-refractivity contribution in [2.75, 3.05) is 7.11 Å². The van der Waals surface area contributed by atoms with Crippen LogP contribution < -0.4 is 4.74 Å². The third kappa shape index (κ3) is 2.39. The summed E-state index contributed by atoms with van der Waals surface area (Å²) in [6.07, 6.45) is 1.93. The van der Waals surface area contributed by atoms with Gasteiger partial charge in [0.15, 0.2) is 5.78 Å². The molecule has 0 fully saturated rings. The summed E-state index contributed by atoms with van der Waals surface area (Å²) in [5.74, 6) is 0.861. The molecule has 0 spiro atoms. The van der Waals surface area contributed by atoms with Crippen LogP contribution in [-0.2, 0) is 6.54 Å². The van der Waals surface area contributed by atoms with Gasteiger partial charge in [-0.3, -0.25) is 4.79 Å². The number of carbonyl (C=O) groups excluding carboxylic acids is 1. The molecule has 22 heavy (non-hydrogen) atoms. The van der Waals surface area contributed by atoms with Gasteiger partial charge in [0.2, 0.25) is 0 Å². The minimum absolute atomic E-state index is 0.0711. The summed E-state index contributed by atoms with van der Waals surface area (Å²) in [5.41, 5.74) is 4.19. The summed E-state index contributed by atoms with van der Waals surface area (Å²) < 4.78 is 7.60. The van der Waals surface area contributed by atoms with Gasteiger partial charge in [-0.2, -0.15) is 0 Å². The van der Waals surface area contributed by atoms with Gasteiger partial charge in [-0.05, 0) is 31.0 Å². The van der Waals surface area contributed by atoms with Crippen LogP contribution in [0.3, 0.4) is 0 Å². The number of ether oxygens (including phenoxy) is 1. The van der Waals surface area contributed by atoms with Crippen LogP contribution >= 0.6 is 0 Å². The van der Waals surface area contributed by atoms with Gasteiger partial charge in [0.1, 0.15) is 5.75 Å². The number of carbonyl (C=O) groups is 1. The Hall–Kier alpha value is -2.55. The third-order valence-electron chi connectivity index (χ3n) is 4.06. The van der Waals surface area contributed by atoms with Gasteiger partial charge >= 0.3 is 0 Å². The Morgan fingerprint density at radius 3 is 2.59 bits per heavy atom. The third-order valence-corrected chi connectivity index (χ3v) is 4.06. The van der Waals surface area contributed by atoms with Crippen LogP contribution in [0.1, 0.15) is 28.4 Å².